The van der Waals surface area contributed by atoms with Gasteiger partial charge >= 0.3 is 11.9 Å². The summed E-state index contributed by atoms with van der Waals surface area (Å²) >= 11 is 0. The molecule has 0 saturated carbocycles. The Labute approximate surface area is 179 Å². The molecule has 1 N–H and O–H groups in total. The molecule has 0 amide bonds. The first-order valence-electron chi connectivity index (χ1n) is 9.74. The number of hydrogen-bond donors (Lipinski definition) is 1. The Morgan fingerprint density at radius 2 is 1.74 bits per heavy atom. The van der Waals surface area contributed by atoms with Crippen LogP contribution in [0, 0.1) is 10.1 Å². The van der Waals surface area contributed by atoms with Crippen LogP contribution in [0.2, 0.25) is 0 Å². The van der Waals surface area contributed by atoms with Gasteiger partial charge in [0.05, 0.1) is 44.0 Å². The molecule has 1 atom stereocenters. The molecule has 0 bridgehead atoms. The number of rotatable bonds is 10. The van der Waals surface area contributed by atoms with Crippen LogP contribution in [0.1, 0.15) is 38.7 Å². The van der Waals surface area contributed by atoms with E-state index in [1.54, 1.807) is 45.0 Å². The molecule has 168 valence electrons. The van der Waals surface area contributed by atoms with E-state index in [1.807, 2.05) is 0 Å². The van der Waals surface area contributed by atoms with Crippen LogP contribution in [-0.4, -0.2) is 44.0 Å². The number of nitrogens with zero attached hydrogens (tertiary/aromatic N) is 1. The number of ether oxygens (including phenoxy) is 3. The van der Waals surface area contributed by atoms with Gasteiger partial charge in [0.2, 0.25) is 0 Å². The lowest BCUT2D eigenvalue weighted by atomic mass is 9.80. The number of nitrogens with one attached hydrogen (secondary N) is 1. The smallest absolute Gasteiger partial charge is 0.336 e. The third-order valence-electron chi connectivity index (χ3n) is 4.63. The normalized spacial score (nSPS) is 15.8. The quantitative estimate of drug-likeness (QED) is 0.256. The molecule has 0 radical (unpaired) electrons. The number of allylic oxidation sites excluding steroid dienone is 2. The van der Waals surface area contributed by atoms with Crippen LogP contribution < -0.4 is 10.1 Å². The molecule has 1 heterocycles. The van der Waals surface area contributed by atoms with Crippen molar-refractivity contribution in [3.8, 4) is 5.75 Å². The molecular formula is C21H26N2O8. The van der Waals surface area contributed by atoms with Gasteiger partial charge in [-0.3, -0.25) is 0 Å². The minimum absolute atomic E-state index is 0.109. The van der Waals surface area contributed by atoms with Gasteiger partial charge < -0.3 is 24.4 Å². The number of para-hydroxylation sites is 1. The first-order valence-corrected chi connectivity index (χ1v) is 9.74. The molecule has 0 fully saturated rings. The summed E-state index contributed by atoms with van der Waals surface area (Å²) < 4.78 is 16.0. The summed E-state index contributed by atoms with van der Waals surface area (Å²) in [6.45, 7) is 5.36. The van der Waals surface area contributed by atoms with Crippen molar-refractivity contribution in [2.75, 3.05) is 26.9 Å². The molecule has 0 aromatic heterocycles. The van der Waals surface area contributed by atoms with Gasteiger partial charge in [0, 0.05) is 23.4 Å². The average molecular weight is 434 g/mol. The molecule has 31 heavy (non-hydrogen) atoms. The number of carbonyl (C=O) groups is 2. The van der Waals surface area contributed by atoms with Gasteiger partial charge in [-0.05, 0) is 26.8 Å². The van der Waals surface area contributed by atoms with Crippen molar-refractivity contribution in [1.29, 1.82) is 0 Å². The third kappa shape index (κ3) is 5.74. The lowest BCUT2D eigenvalue weighted by Crippen LogP contribution is -2.32. The number of benzene rings is 1. The Kier molecular flexibility index (Phi) is 8.42. The molecule has 1 aliphatic rings. The molecule has 0 saturated heterocycles. The molecule has 1 aliphatic heterocycles. The maximum absolute atomic E-state index is 12.8. The van der Waals surface area contributed by atoms with Crippen molar-refractivity contribution >= 4 is 11.9 Å². The van der Waals surface area contributed by atoms with Gasteiger partial charge in [-0.2, -0.15) is 0 Å². The van der Waals surface area contributed by atoms with Crippen molar-refractivity contribution in [1.82, 2.24) is 5.32 Å². The van der Waals surface area contributed by atoms with Gasteiger partial charge in [0.15, 0.2) is 0 Å². The SMILES string of the molecule is CCOC(=O)C1=C(C)NC(C)=C(C(=O)OC)C1c1ccccc1OCCCO[N+](=O)[O-]. The summed E-state index contributed by atoms with van der Waals surface area (Å²) in [5.74, 6) is -1.49. The van der Waals surface area contributed by atoms with Crippen LogP contribution in [-0.2, 0) is 23.9 Å². The molecule has 1 aromatic rings. The fourth-order valence-electron chi connectivity index (χ4n) is 3.40. The highest BCUT2D eigenvalue weighted by molar-refractivity contribution is 6.00. The van der Waals surface area contributed by atoms with E-state index >= 15 is 0 Å². The zero-order valence-electron chi connectivity index (χ0n) is 17.9. The second-order valence-corrected chi connectivity index (χ2v) is 6.64. The van der Waals surface area contributed by atoms with E-state index in [0.717, 1.165) is 0 Å². The highest BCUT2D eigenvalue weighted by Gasteiger charge is 2.39. The van der Waals surface area contributed by atoms with Crippen LogP contribution in [0.15, 0.2) is 46.8 Å². The van der Waals surface area contributed by atoms with Gasteiger partial charge in [-0.1, -0.05) is 18.2 Å². The Morgan fingerprint density at radius 3 is 2.35 bits per heavy atom. The molecule has 1 aromatic carbocycles. The zero-order chi connectivity index (χ0) is 23.0. The van der Waals surface area contributed by atoms with E-state index < -0.39 is 22.9 Å². The second-order valence-electron chi connectivity index (χ2n) is 6.64. The van der Waals surface area contributed by atoms with Crippen LogP contribution in [0.5, 0.6) is 5.75 Å². The lowest BCUT2D eigenvalue weighted by molar-refractivity contribution is -0.757. The Balaban J connectivity index is 2.46. The van der Waals surface area contributed by atoms with E-state index in [1.165, 1.54) is 7.11 Å². The Hall–Kier alpha value is -3.56. The molecular weight excluding hydrogens is 408 g/mol. The first kappa shape index (κ1) is 23.7. The van der Waals surface area contributed by atoms with Crippen molar-refractivity contribution in [2.24, 2.45) is 0 Å². The zero-order valence-corrected chi connectivity index (χ0v) is 17.9. The number of methoxy groups -OCH3 is 1. The van der Waals surface area contributed by atoms with E-state index in [0.29, 0.717) is 22.7 Å². The fourth-order valence-corrected chi connectivity index (χ4v) is 3.40. The van der Waals surface area contributed by atoms with Gasteiger partial charge in [-0.15, -0.1) is 10.1 Å². The van der Waals surface area contributed by atoms with Gasteiger partial charge in [0.25, 0.3) is 5.09 Å². The molecule has 2 rings (SSSR count). The topological polar surface area (TPSA) is 126 Å². The standard InChI is InChI=1S/C21H26N2O8/c1-5-29-21(25)18-14(3)22-13(2)17(20(24)28-4)19(18)15-9-6-7-10-16(15)30-11-8-12-31-23(26)27/h6-7,9-10,19,22H,5,8,11-12H2,1-4H3. The maximum Gasteiger partial charge on any atom is 0.336 e. The van der Waals surface area contributed by atoms with E-state index in [9.17, 15) is 19.7 Å². The minimum atomic E-state index is -0.863. The summed E-state index contributed by atoms with van der Waals surface area (Å²) in [5.41, 5.74) is 2.23. The average Bonchev–Trinajstić information content (AvgIpc) is 2.72. The second kappa shape index (κ2) is 11.0. The van der Waals surface area contributed by atoms with Crippen LogP contribution >= 0.6 is 0 Å². The minimum Gasteiger partial charge on any atom is -0.493 e. The third-order valence-corrected chi connectivity index (χ3v) is 4.63. The van der Waals surface area contributed by atoms with Gasteiger partial charge in [-0.25, -0.2) is 9.59 Å². The van der Waals surface area contributed by atoms with Crippen molar-refractivity contribution < 1.29 is 33.7 Å². The largest absolute Gasteiger partial charge is 0.493 e. The fraction of sp³-hybridized carbons (Fsp3) is 0.429. The molecule has 10 nitrogen and oxygen atoms in total. The molecule has 0 spiro atoms. The summed E-state index contributed by atoms with van der Waals surface area (Å²) in [4.78, 5) is 40.0. The van der Waals surface area contributed by atoms with E-state index in [2.05, 4.69) is 10.2 Å². The number of dihydropyridines is 1. The van der Waals surface area contributed by atoms with Gasteiger partial charge in [0.1, 0.15) is 5.75 Å². The van der Waals surface area contributed by atoms with Crippen LogP contribution in [0.4, 0.5) is 0 Å². The number of esters is 2. The summed E-state index contributed by atoms with van der Waals surface area (Å²) in [7, 11) is 1.27. The summed E-state index contributed by atoms with van der Waals surface area (Å²) in [5, 5.41) is 12.5. The molecule has 1 unspecified atom stereocenters. The van der Waals surface area contributed by atoms with E-state index in [4.69, 9.17) is 14.2 Å². The number of hydrogen-bond acceptors (Lipinski definition) is 9. The highest BCUT2D eigenvalue weighted by Crippen LogP contribution is 2.42. The summed E-state index contributed by atoms with van der Waals surface area (Å²) in [6, 6.07) is 6.97. The maximum atomic E-state index is 12.8. The summed E-state index contributed by atoms with van der Waals surface area (Å²) in [6.07, 6.45) is 0.278. The Morgan fingerprint density at radius 1 is 1.10 bits per heavy atom. The molecule has 0 aliphatic carbocycles. The van der Waals surface area contributed by atoms with Crippen LogP contribution in [0.3, 0.4) is 0 Å². The van der Waals surface area contributed by atoms with Crippen LogP contribution in [0.25, 0.3) is 0 Å². The lowest BCUT2D eigenvalue weighted by Gasteiger charge is -2.31. The predicted molar refractivity (Wildman–Crippen MR) is 109 cm³/mol. The van der Waals surface area contributed by atoms with E-state index in [-0.39, 0.29) is 37.4 Å². The number of carbonyl (C=O) groups excluding carboxylic acids is 2. The Bertz CT molecular complexity index is 906. The van der Waals surface area contributed by atoms with Crippen molar-refractivity contribution in [3.05, 3.63) is 62.5 Å². The highest BCUT2D eigenvalue weighted by atomic mass is 16.9. The molecule has 10 heteroatoms. The van der Waals surface area contributed by atoms with Crippen molar-refractivity contribution in [2.45, 2.75) is 33.1 Å². The first-order chi connectivity index (χ1) is 14.8. The predicted octanol–water partition coefficient (Wildman–Crippen LogP) is 2.63. The van der Waals surface area contributed by atoms with Crippen molar-refractivity contribution in [3.63, 3.8) is 0 Å². The monoisotopic (exact) mass is 434 g/mol.